The third kappa shape index (κ3) is 3.13. The number of rotatable bonds is 4. The average Bonchev–Trinajstić information content (AvgIpc) is 2.67. The Morgan fingerprint density at radius 3 is 2.47 bits per heavy atom. The maximum atomic E-state index is 12.5. The van der Waals surface area contributed by atoms with E-state index in [-0.39, 0.29) is 12.2 Å². The zero-order valence-electron chi connectivity index (χ0n) is 13.0. The summed E-state index contributed by atoms with van der Waals surface area (Å²) in [5.41, 5.74) is 0.339. The van der Waals surface area contributed by atoms with Crippen LogP contribution in [0.4, 0.5) is 0 Å². The molecule has 1 heterocycles. The summed E-state index contributed by atoms with van der Waals surface area (Å²) in [6, 6.07) is 0.0413. The number of hydrogen-bond donors (Lipinski definition) is 1. The van der Waals surface area contributed by atoms with Crippen molar-refractivity contribution in [2.75, 3.05) is 6.54 Å². The third-order valence-corrected chi connectivity index (χ3v) is 4.94. The highest BCUT2D eigenvalue weighted by Gasteiger charge is 2.42. The maximum Gasteiger partial charge on any atom is 0.241 e. The Kier molecular flexibility index (Phi) is 4.54. The molecule has 2 fully saturated rings. The van der Waals surface area contributed by atoms with Gasteiger partial charge in [0.2, 0.25) is 5.91 Å². The van der Waals surface area contributed by atoms with Crippen LogP contribution in [0.3, 0.4) is 0 Å². The summed E-state index contributed by atoms with van der Waals surface area (Å²) in [7, 11) is 0. The van der Waals surface area contributed by atoms with E-state index >= 15 is 0 Å². The monoisotopic (exact) mass is 266 g/mol. The van der Waals surface area contributed by atoms with Crippen LogP contribution < -0.4 is 5.32 Å². The third-order valence-electron chi connectivity index (χ3n) is 4.94. The fourth-order valence-corrected chi connectivity index (χ4v) is 3.70. The van der Waals surface area contributed by atoms with Gasteiger partial charge in [-0.3, -0.25) is 10.1 Å². The van der Waals surface area contributed by atoms with Crippen LogP contribution in [0.15, 0.2) is 0 Å². The fraction of sp³-hybridized carbons (Fsp3) is 0.938. The predicted molar refractivity (Wildman–Crippen MR) is 78.7 cm³/mol. The summed E-state index contributed by atoms with van der Waals surface area (Å²) in [4.78, 5) is 14.7. The molecule has 1 aliphatic carbocycles. The molecule has 0 aromatic rings. The van der Waals surface area contributed by atoms with Crippen molar-refractivity contribution >= 4 is 5.91 Å². The Labute approximate surface area is 118 Å². The van der Waals surface area contributed by atoms with Gasteiger partial charge in [0.05, 0.1) is 12.2 Å². The quantitative estimate of drug-likeness (QED) is 0.848. The number of nitrogens with zero attached hydrogens (tertiary/aromatic N) is 1. The van der Waals surface area contributed by atoms with Crippen LogP contribution in [-0.4, -0.2) is 29.6 Å². The molecule has 110 valence electrons. The second-order valence-corrected chi connectivity index (χ2v) is 7.15. The minimum absolute atomic E-state index is 0.0413. The largest absolute Gasteiger partial charge is 0.325 e. The summed E-state index contributed by atoms with van der Waals surface area (Å²) in [5, 5.41) is 3.52. The second-order valence-electron chi connectivity index (χ2n) is 7.15. The molecule has 2 unspecified atom stereocenters. The Morgan fingerprint density at radius 1 is 1.32 bits per heavy atom. The Balaban J connectivity index is 2.09. The van der Waals surface area contributed by atoms with Crippen LogP contribution in [0.2, 0.25) is 0 Å². The molecule has 1 saturated carbocycles. The number of carbonyl (C=O) groups is 1. The van der Waals surface area contributed by atoms with Gasteiger partial charge in [0, 0.05) is 6.54 Å². The molecule has 2 aliphatic rings. The lowest BCUT2D eigenvalue weighted by Gasteiger charge is -2.39. The van der Waals surface area contributed by atoms with Gasteiger partial charge < -0.3 is 4.90 Å². The molecule has 3 heteroatoms. The molecule has 2 rings (SSSR count). The fourth-order valence-electron chi connectivity index (χ4n) is 3.70. The van der Waals surface area contributed by atoms with Crippen molar-refractivity contribution in [3.63, 3.8) is 0 Å². The molecule has 1 amide bonds. The van der Waals surface area contributed by atoms with E-state index in [1.165, 1.54) is 32.1 Å². The molecule has 0 radical (unpaired) electrons. The molecule has 1 aliphatic heterocycles. The van der Waals surface area contributed by atoms with E-state index in [1.807, 2.05) is 0 Å². The van der Waals surface area contributed by atoms with Crippen molar-refractivity contribution in [3.05, 3.63) is 0 Å². The highest BCUT2D eigenvalue weighted by Crippen LogP contribution is 2.38. The molecular weight excluding hydrogens is 236 g/mol. The molecule has 0 spiro atoms. The standard InChI is InChI=1S/C16H30N2O/c1-5-13-15(19)18(14(17-13)12(2)3)11-16(4)9-7-6-8-10-16/h12-14,17H,5-11H2,1-4H3. The van der Waals surface area contributed by atoms with Crippen LogP contribution in [0.25, 0.3) is 0 Å². The molecule has 0 bridgehead atoms. The Morgan fingerprint density at radius 2 is 1.95 bits per heavy atom. The van der Waals surface area contributed by atoms with Gasteiger partial charge in [-0.1, -0.05) is 47.0 Å². The first-order valence-electron chi connectivity index (χ1n) is 8.03. The summed E-state index contributed by atoms with van der Waals surface area (Å²) in [6.45, 7) is 9.82. The van der Waals surface area contributed by atoms with Gasteiger partial charge >= 0.3 is 0 Å². The van der Waals surface area contributed by atoms with Crippen LogP contribution in [0.5, 0.6) is 0 Å². The minimum atomic E-state index is 0.0413. The first-order valence-corrected chi connectivity index (χ1v) is 8.03. The zero-order valence-corrected chi connectivity index (χ0v) is 13.0. The van der Waals surface area contributed by atoms with Gasteiger partial charge in [0.15, 0.2) is 0 Å². The number of hydrogen-bond acceptors (Lipinski definition) is 2. The van der Waals surface area contributed by atoms with E-state index in [0.717, 1.165) is 13.0 Å². The topological polar surface area (TPSA) is 32.3 Å². The highest BCUT2D eigenvalue weighted by atomic mass is 16.2. The summed E-state index contributed by atoms with van der Waals surface area (Å²) >= 11 is 0. The summed E-state index contributed by atoms with van der Waals surface area (Å²) in [5.74, 6) is 0.806. The minimum Gasteiger partial charge on any atom is -0.325 e. The first kappa shape index (κ1) is 14.8. The average molecular weight is 266 g/mol. The van der Waals surface area contributed by atoms with Crippen LogP contribution in [0, 0.1) is 11.3 Å². The lowest BCUT2D eigenvalue weighted by molar-refractivity contribution is -0.132. The van der Waals surface area contributed by atoms with Gasteiger partial charge in [-0.05, 0) is 30.6 Å². The molecule has 0 aromatic carbocycles. The Hall–Kier alpha value is -0.570. The van der Waals surface area contributed by atoms with Crippen molar-refractivity contribution in [1.82, 2.24) is 10.2 Å². The van der Waals surface area contributed by atoms with Gasteiger partial charge in [0.1, 0.15) is 0 Å². The van der Waals surface area contributed by atoms with Crippen molar-refractivity contribution in [3.8, 4) is 0 Å². The van der Waals surface area contributed by atoms with Crippen LogP contribution in [-0.2, 0) is 4.79 Å². The van der Waals surface area contributed by atoms with Crippen molar-refractivity contribution < 1.29 is 4.79 Å². The first-order chi connectivity index (χ1) is 8.97. The zero-order chi connectivity index (χ0) is 14.0. The van der Waals surface area contributed by atoms with Crippen molar-refractivity contribution in [2.24, 2.45) is 11.3 Å². The molecule has 0 aromatic heterocycles. The molecule has 19 heavy (non-hydrogen) atoms. The molecule has 1 saturated heterocycles. The normalized spacial score (nSPS) is 31.2. The second kappa shape index (κ2) is 5.82. The molecule has 2 atom stereocenters. The maximum absolute atomic E-state index is 12.5. The van der Waals surface area contributed by atoms with Gasteiger partial charge in [-0.2, -0.15) is 0 Å². The number of nitrogens with one attached hydrogen (secondary N) is 1. The molecule has 1 N–H and O–H groups in total. The lowest BCUT2D eigenvalue weighted by atomic mass is 9.75. The van der Waals surface area contributed by atoms with E-state index in [1.54, 1.807) is 0 Å². The number of amides is 1. The smallest absolute Gasteiger partial charge is 0.241 e. The predicted octanol–water partition coefficient (Wildman–Crippen LogP) is 3.15. The Bertz CT molecular complexity index is 321. The summed E-state index contributed by atoms with van der Waals surface area (Å²) < 4.78 is 0. The lowest BCUT2D eigenvalue weighted by Crippen LogP contribution is -2.46. The summed E-state index contributed by atoms with van der Waals surface area (Å²) in [6.07, 6.45) is 7.71. The van der Waals surface area contributed by atoms with Gasteiger partial charge in [-0.25, -0.2) is 0 Å². The van der Waals surface area contributed by atoms with E-state index in [2.05, 4.69) is 37.9 Å². The molecule has 3 nitrogen and oxygen atoms in total. The van der Waals surface area contributed by atoms with E-state index in [4.69, 9.17) is 0 Å². The van der Waals surface area contributed by atoms with Crippen molar-refractivity contribution in [2.45, 2.75) is 78.4 Å². The van der Waals surface area contributed by atoms with Crippen molar-refractivity contribution in [1.29, 1.82) is 0 Å². The van der Waals surface area contributed by atoms with Gasteiger partial charge in [0.25, 0.3) is 0 Å². The van der Waals surface area contributed by atoms with E-state index in [0.29, 0.717) is 17.2 Å². The van der Waals surface area contributed by atoms with Crippen LogP contribution in [0.1, 0.15) is 66.2 Å². The van der Waals surface area contributed by atoms with Gasteiger partial charge in [-0.15, -0.1) is 0 Å². The number of carbonyl (C=O) groups excluding carboxylic acids is 1. The van der Waals surface area contributed by atoms with E-state index < -0.39 is 0 Å². The van der Waals surface area contributed by atoms with Crippen LogP contribution >= 0.6 is 0 Å². The molecular formula is C16H30N2O. The SMILES string of the molecule is CCC1NC(C(C)C)N(CC2(C)CCCCC2)C1=O. The highest BCUT2D eigenvalue weighted by molar-refractivity contribution is 5.84. The van der Waals surface area contributed by atoms with E-state index in [9.17, 15) is 4.79 Å².